The van der Waals surface area contributed by atoms with E-state index in [0.29, 0.717) is 32.5 Å². The van der Waals surface area contributed by atoms with E-state index >= 15 is 0 Å². The smallest absolute Gasteiger partial charge is 0.257 e. The Bertz CT molecular complexity index is 1860. The van der Waals surface area contributed by atoms with E-state index in [-0.39, 0.29) is 11.8 Å². The molecule has 9 heteroatoms. The highest BCUT2D eigenvalue weighted by atomic mass is 35.5. The number of halogens is 2. The summed E-state index contributed by atoms with van der Waals surface area (Å²) < 4.78 is 0. The van der Waals surface area contributed by atoms with Crippen molar-refractivity contribution in [1.82, 2.24) is 0 Å². The fourth-order valence-electron chi connectivity index (χ4n) is 4.46. The minimum absolute atomic E-state index is 0.235. The Morgan fingerprint density at radius 2 is 0.638 bits per heavy atom. The van der Waals surface area contributed by atoms with Crippen LogP contribution in [0.5, 0.6) is 0 Å². The Morgan fingerprint density at radius 3 is 0.915 bits per heavy atom. The lowest BCUT2D eigenvalue weighted by molar-refractivity contribution is 0.101. The van der Waals surface area contributed by atoms with Gasteiger partial charge in [-0.2, -0.15) is 0 Å². The van der Waals surface area contributed by atoms with Crippen molar-refractivity contribution in [1.29, 1.82) is 0 Å². The van der Waals surface area contributed by atoms with E-state index in [1.54, 1.807) is 83.8 Å². The van der Waals surface area contributed by atoms with Crippen LogP contribution in [0.4, 0.5) is 11.4 Å². The predicted octanol–water partition coefficient (Wildman–Crippen LogP) is 12.0. The highest BCUT2D eigenvalue weighted by Gasteiger charge is 2.11. The lowest BCUT2D eigenvalue weighted by atomic mass is 10.2. The number of carbonyl (C=O) groups excluding carboxylic acids is 2. The molecule has 6 aromatic carbocycles. The van der Waals surface area contributed by atoms with E-state index in [0.717, 1.165) is 29.4 Å². The molecule has 0 unspecified atom stereocenters. The normalized spacial score (nSPS) is 10.8. The van der Waals surface area contributed by atoms with Crippen LogP contribution >= 0.6 is 58.5 Å². The van der Waals surface area contributed by atoms with Gasteiger partial charge < -0.3 is 10.6 Å². The maximum absolute atomic E-state index is 12.5. The maximum Gasteiger partial charge on any atom is 0.257 e. The first-order valence-electron chi connectivity index (χ1n) is 14.5. The molecule has 0 aliphatic rings. The summed E-state index contributed by atoms with van der Waals surface area (Å²) in [6.07, 6.45) is 0. The fourth-order valence-corrected chi connectivity index (χ4v) is 7.35. The number of amides is 2. The molecule has 6 rings (SSSR count). The van der Waals surface area contributed by atoms with Crippen LogP contribution in [0.2, 0.25) is 10.0 Å². The van der Waals surface area contributed by atoms with Crippen LogP contribution in [0.3, 0.4) is 0 Å². The summed E-state index contributed by atoms with van der Waals surface area (Å²) in [5.41, 5.74) is 2.32. The molecule has 0 saturated heterocycles. The summed E-state index contributed by atoms with van der Waals surface area (Å²) in [4.78, 5) is 31.8. The Balaban J connectivity index is 0.981. The molecule has 4 nitrogen and oxygen atoms in total. The second-order valence-corrected chi connectivity index (χ2v) is 14.4. The quantitative estimate of drug-likeness (QED) is 0.148. The first kappa shape index (κ1) is 32.8. The Hall–Kier alpha value is -4.11. The van der Waals surface area contributed by atoms with Crippen molar-refractivity contribution in [2.45, 2.75) is 29.4 Å². The van der Waals surface area contributed by atoms with Crippen molar-refractivity contribution in [3.8, 4) is 0 Å². The molecule has 0 atom stereocenters. The number of hydrogen-bond donors (Lipinski definition) is 2. The van der Waals surface area contributed by atoms with Crippen molar-refractivity contribution in [3.63, 3.8) is 0 Å². The van der Waals surface area contributed by atoms with Crippen molar-refractivity contribution in [3.05, 3.63) is 167 Å². The maximum atomic E-state index is 12.5. The zero-order chi connectivity index (χ0) is 32.6. The molecule has 0 heterocycles. The monoisotopic (exact) mass is 708 g/mol. The van der Waals surface area contributed by atoms with Crippen LogP contribution < -0.4 is 10.6 Å². The van der Waals surface area contributed by atoms with Gasteiger partial charge in [-0.15, -0.1) is 0 Å². The first-order valence-corrected chi connectivity index (χ1v) is 17.7. The number of hydrogen-bond acceptors (Lipinski definition) is 5. The number of nitrogens with one attached hydrogen (secondary N) is 2. The van der Waals surface area contributed by atoms with Gasteiger partial charge >= 0.3 is 0 Å². The summed E-state index contributed by atoms with van der Waals surface area (Å²) >= 11 is 17.3. The summed E-state index contributed by atoms with van der Waals surface area (Å²) in [6.45, 7) is 0. The molecule has 47 heavy (non-hydrogen) atoms. The van der Waals surface area contributed by atoms with Crippen LogP contribution in [0.15, 0.2) is 175 Å². The molecular formula is C38H26Cl2N2O2S3. The van der Waals surface area contributed by atoms with Crippen molar-refractivity contribution < 1.29 is 9.59 Å². The lowest BCUT2D eigenvalue weighted by Crippen LogP contribution is -2.12. The number of anilines is 2. The van der Waals surface area contributed by atoms with Crippen LogP contribution in [0, 0.1) is 0 Å². The number of benzene rings is 6. The Labute approximate surface area is 296 Å². The van der Waals surface area contributed by atoms with Crippen molar-refractivity contribution in [2.24, 2.45) is 0 Å². The average Bonchev–Trinajstić information content (AvgIpc) is 3.08. The second kappa shape index (κ2) is 15.7. The molecule has 0 fully saturated rings. The van der Waals surface area contributed by atoms with E-state index in [2.05, 4.69) is 59.2 Å². The molecule has 0 saturated carbocycles. The number of rotatable bonds is 10. The van der Waals surface area contributed by atoms with Crippen molar-refractivity contribution >= 4 is 81.7 Å². The van der Waals surface area contributed by atoms with E-state index < -0.39 is 0 Å². The highest BCUT2D eigenvalue weighted by Crippen LogP contribution is 2.35. The van der Waals surface area contributed by atoms with Gasteiger partial charge in [-0.3, -0.25) is 9.59 Å². The van der Waals surface area contributed by atoms with Crippen LogP contribution in [-0.2, 0) is 0 Å². The van der Waals surface area contributed by atoms with Gasteiger partial charge in [0.1, 0.15) is 0 Å². The molecule has 0 spiro atoms. The third kappa shape index (κ3) is 9.04. The van der Waals surface area contributed by atoms with Gasteiger partial charge in [-0.25, -0.2) is 0 Å². The highest BCUT2D eigenvalue weighted by molar-refractivity contribution is 8.00. The van der Waals surface area contributed by atoms with Crippen molar-refractivity contribution in [2.75, 3.05) is 10.6 Å². The summed E-state index contributed by atoms with van der Waals surface area (Å²) in [7, 11) is 0. The third-order valence-electron chi connectivity index (χ3n) is 6.82. The Kier molecular flexibility index (Phi) is 10.9. The largest absolute Gasteiger partial charge is 0.322 e. The third-order valence-corrected chi connectivity index (χ3v) is 10.5. The summed E-state index contributed by atoms with van der Waals surface area (Å²) in [5, 5.41) is 6.64. The standard InChI is InChI=1S/C38H26Cl2N2O2S3/c39-35-7-3-1-5-33(35)37(43)41-25-9-13-27(14-10-25)45-29-17-21-31(22-18-29)47-32-23-19-30(20-24-32)46-28-15-11-26(12-16-28)42-38(44)34-6-2-4-8-36(34)40/h1-24H,(H,41,43)(H,42,44). The van der Waals surface area contributed by atoms with E-state index in [9.17, 15) is 9.59 Å². The number of carbonyl (C=O) groups is 2. The van der Waals surface area contributed by atoms with Gasteiger partial charge in [-0.1, -0.05) is 82.8 Å². The zero-order valence-electron chi connectivity index (χ0n) is 24.7. The minimum Gasteiger partial charge on any atom is -0.322 e. The van der Waals surface area contributed by atoms with Gasteiger partial charge in [0.15, 0.2) is 0 Å². The molecule has 0 bridgehead atoms. The zero-order valence-corrected chi connectivity index (χ0v) is 28.6. The molecule has 0 aliphatic heterocycles. The average molecular weight is 710 g/mol. The topological polar surface area (TPSA) is 58.2 Å². The lowest BCUT2D eigenvalue weighted by Gasteiger charge is -2.09. The van der Waals surface area contributed by atoms with Gasteiger partial charge in [0, 0.05) is 40.7 Å². The molecule has 0 aromatic heterocycles. The molecule has 232 valence electrons. The van der Waals surface area contributed by atoms with E-state index in [1.807, 2.05) is 48.5 Å². The van der Waals surface area contributed by atoms with E-state index in [1.165, 1.54) is 0 Å². The SMILES string of the molecule is O=C(Nc1ccc(Sc2ccc(Sc3ccc(Sc4ccc(NC(=O)c5ccccc5Cl)cc4)cc3)cc2)cc1)c1ccccc1Cl. The second-order valence-electron chi connectivity index (χ2n) is 10.2. The minimum atomic E-state index is -0.235. The molecular weight excluding hydrogens is 684 g/mol. The van der Waals surface area contributed by atoms with Gasteiger partial charge in [0.2, 0.25) is 0 Å². The Morgan fingerprint density at radius 1 is 0.383 bits per heavy atom. The molecule has 0 radical (unpaired) electrons. The van der Waals surface area contributed by atoms with Gasteiger partial charge in [-0.05, 0) is 121 Å². The molecule has 6 aromatic rings. The molecule has 2 amide bonds. The predicted molar refractivity (Wildman–Crippen MR) is 197 cm³/mol. The van der Waals surface area contributed by atoms with Crippen LogP contribution in [0.1, 0.15) is 20.7 Å². The van der Waals surface area contributed by atoms with E-state index in [4.69, 9.17) is 23.2 Å². The molecule has 0 aliphatic carbocycles. The first-order chi connectivity index (χ1) is 22.9. The van der Waals surface area contributed by atoms with Crippen LogP contribution in [-0.4, -0.2) is 11.8 Å². The van der Waals surface area contributed by atoms with Gasteiger partial charge in [0.25, 0.3) is 11.8 Å². The van der Waals surface area contributed by atoms with Crippen LogP contribution in [0.25, 0.3) is 0 Å². The molecule has 2 N–H and O–H groups in total. The summed E-state index contributed by atoms with van der Waals surface area (Å²) in [5.74, 6) is -0.469. The summed E-state index contributed by atoms with van der Waals surface area (Å²) in [6, 6.07) is 46.5. The fraction of sp³-hybridized carbons (Fsp3) is 0. The van der Waals surface area contributed by atoms with Gasteiger partial charge in [0.05, 0.1) is 21.2 Å².